The lowest BCUT2D eigenvalue weighted by atomic mass is 10.0. The molecule has 16 heteroatoms. The third kappa shape index (κ3) is 6.16. The van der Waals surface area contributed by atoms with Crippen LogP contribution in [0.2, 0.25) is 0 Å². The Morgan fingerprint density at radius 1 is 1.32 bits per heavy atom. The number of aromatic nitrogens is 2. The van der Waals surface area contributed by atoms with E-state index in [1.54, 1.807) is 37.0 Å². The molecule has 6 atom stereocenters. The molecule has 38 heavy (non-hydrogen) atoms. The molecule has 0 radical (unpaired) electrons. The normalized spacial score (nSPS) is 27.6. The minimum atomic E-state index is -4.44. The molecule has 12 nitrogen and oxygen atoms in total. The molecule has 6 unspecified atom stereocenters. The highest BCUT2D eigenvalue weighted by molar-refractivity contribution is 7.52. The predicted molar refractivity (Wildman–Crippen MR) is 130 cm³/mol. The number of nitrogens with zero attached hydrogens (tertiary/aromatic N) is 1. The van der Waals surface area contributed by atoms with Crippen LogP contribution < -0.4 is 20.9 Å². The fourth-order valence-corrected chi connectivity index (χ4v) is 5.34. The monoisotopic (exact) mass is 581 g/mol. The van der Waals surface area contributed by atoms with Crippen LogP contribution in [0.5, 0.6) is 5.75 Å². The third-order valence-corrected chi connectivity index (χ3v) is 7.73. The van der Waals surface area contributed by atoms with Gasteiger partial charge in [0, 0.05) is 0 Å². The Bertz CT molecular complexity index is 1320. The molecular formula is C22H27ClF2N3O9P. The van der Waals surface area contributed by atoms with Crippen molar-refractivity contribution in [1.29, 1.82) is 0 Å². The first-order valence-electron chi connectivity index (χ1n) is 11.3. The smallest absolute Gasteiger partial charge is 0.459 e. The molecule has 0 spiro atoms. The van der Waals surface area contributed by atoms with Crippen molar-refractivity contribution < 1.29 is 41.8 Å². The van der Waals surface area contributed by atoms with Gasteiger partial charge in [0.05, 0.1) is 18.9 Å². The topological polar surface area (TPSA) is 158 Å². The number of halogens is 3. The third-order valence-electron chi connectivity index (χ3n) is 5.52. The Balaban J connectivity index is 1.87. The van der Waals surface area contributed by atoms with Crippen LogP contribution in [0.15, 0.2) is 46.1 Å². The number of nitrogens with one attached hydrogen (secondary N) is 2. The Labute approximate surface area is 220 Å². The minimum absolute atomic E-state index is 0.0814. The molecule has 1 aliphatic rings. The van der Waals surface area contributed by atoms with E-state index in [-0.39, 0.29) is 5.75 Å². The molecule has 0 amide bonds. The zero-order chi connectivity index (χ0) is 28.5. The fraction of sp³-hybridized carbons (Fsp3) is 0.500. The quantitative estimate of drug-likeness (QED) is 0.216. The number of aromatic amines is 1. The lowest BCUT2D eigenvalue weighted by molar-refractivity contribution is -0.149. The zero-order valence-electron chi connectivity index (χ0n) is 20.7. The second-order valence-electron chi connectivity index (χ2n) is 8.85. The van der Waals surface area contributed by atoms with Crippen LogP contribution in [0.25, 0.3) is 0 Å². The maximum atomic E-state index is 15.6. The Morgan fingerprint density at radius 2 is 1.95 bits per heavy atom. The Hall–Kier alpha value is -2.61. The van der Waals surface area contributed by atoms with Crippen molar-refractivity contribution in [2.75, 3.05) is 6.61 Å². The summed E-state index contributed by atoms with van der Waals surface area (Å²) >= 11 is 5.92. The van der Waals surface area contributed by atoms with Crippen LogP contribution in [0, 0.1) is 5.82 Å². The number of alkyl halides is 2. The molecule has 1 aliphatic heterocycles. The van der Waals surface area contributed by atoms with Gasteiger partial charge in [-0.05, 0) is 39.8 Å². The molecule has 3 rings (SSSR count). The van der Waals surface area contributed by atoms with Crippen molar-refractivity contribution in [3.8, 4) is 5.75 Å². The Kier molecular flexibility index (Phi) is 8.86. The van der Waals surface area contributed by atoms with Crippen LogP contribution in [0.3, 0.4) is 0 Å². The van der Waals surface area contributed by atoms with E-state index in [2.05, 4.69) is 5.09 Å². The van der Waals surface area contributed by atoms with Gasteiger partial charge in [0.25, 0.3) is 10.7 Å². The highest BCUT2D eigenvalue weighted by Gasteiger charge is 2.66. The van der Waals surface area contributed by atoms with Crippen LogP contribution in [0.1, 0.15) is 27.7 Å². The summed E-state index contributed by atoms with van der Waals surface area (Å²) in [5, 5.41) is 9.73. The molecule has 3 N–H and O–H groups in total. The summed E-state index contributed by atoms with van der Waals surface area (Å²) in [6.07, 6.45) is -3.98. The number of rotatable bonds is 10. The van der Waals surface area contributed by atoms with E-state index in [1.807, 2.05) is 0 Å². The number of H-pyrrole nitrogens is 1. The van der Waals surface area contributed by atoms with Gasteiger partial charge in [-0.3, -0.25) is 23.7 Å². The van der Waals surface area contributed by atoms with Crippen LogP contribution in [-0.4, -0.2) is 56.7 Å². The number of aliphatic hydroxyl groups is 1. The number of carbonyl (C=O) groups excluding carboxylic acids is 1. The van der Waals surface area contributed by atoms with Gasteiger partial charge in [-0.15, -0.1) is 0 Å². The van der Waals surface area contributed by atoms with Crippen molar-refractivity contribution >= 4 is 25.3 Å². The van der Waals surface area contributed by atoms with Gasteiger partial charge in [-0.1, -0.05) is 29.8 Å². The largest absolute Gasteiger partial charge is 0.462 e. The van der Waals surface area contributed by atoms with E-state index in [1.165, 1.54) is 19.1 Å². The molecule has 1 saturated heterocycles. The van der Waals surface area contributed by atoms with E-state index in [0.717, 1.165) is 6.92 Å². The van der Waals surface area contributed by atoms with Crippen molar-refractivity contribution in [3.63, 3.8) is 0 Å². The summed E-state index contributed by atoms with van der Waals surface area (Å²) in [7, 11) is -4.44. The maximum absolute atomic E-state index is 15.6. The second kappa shape index (κ2) is 11.2. The van der Waals surface area contributed by atoms with Gasteiger partial charge >= 0.3 is 19.4 Å². The lowest BCUT2D eigenvalue weighted by Crippen LogP contribution is -2.53. The predicted octanol–water partition coefficient (Wildman–Crippen LogP) is 2.15. The zero-order valence-corrected chi connectivity index (χ0v) is 22.4. The summed E-state index contributed by atoms with van der Waals surface area (Å²) in [6, 6.07) is 6.54. The summed E-state index contributed by atoms with van der Waals surface area (Å²) in [6.45, 7) is 4.68. The molecule has 2 heterocycles. The number of esters is 1. The molecule has 0 bridgehead atoms. The van der Waals surface area contributed by atoms with Crippen molar-refractivity contribution in [3.05, 3.63) is 63.2 Å². The summed E-state index contributed by atoms with van der Waals surface area (Å²) < 4.78 is 64.9. The van der Waals surface area contributed by atoms with E-state index in [0.29, 0.717) is 10.8 Å². The van der Waals surface area contributed by atoms with E-state index < -0.39 is 72.6 Å². The summed E-state index contributed by atoms with van der Waals surface area (Å²) in [4.78, 5) is 37.6. The SMILES string of the molecule is CC(C)OC(=O)C(C)NP(=O)(OCC1OC(C)(n2cc(F)c(=O)[nH]c2=O)C(F)(Cl)C1O)Oc1ccccc1. The first kappa shape index (κ1) is 29.9. The number of ether oxygens (including phenoxy) is 2. The summed E-state index contributed by atoms with van der Waals surface area (Å²) in [5.41, 5.74) is -5.18. The molecule has 0 saturated carbocycles. The molecule has 1 aromatic heterocycles. The standard InChI is InChI=1S/C22H27ClF2N3O9P/c1-12(2)35-19(31)13(3)27-38(33,37-14-8-6-5-7-9-14)34-11-16-17(29)22(23,25)21(4,36-16)28-10-15(24)18(30)26-20(28)32/h5-10,12-13,16-17,29H,11H2,1-4H3,(H,27,33)(H,26,30,32). The highest BCUT2D eigenvalue weighted by Crippen LogP contribution is 2.51. The van der Waals surface area contributed by atoms with Gasteiger partial charge < -0.3 is 19.1 Å². The number of para-hydroxylation sites is 1. The van der Waals surface area contributed by atoms with Gasteiger partial charge in [0.2, 0.25) is 5.82 Å². The minimum Gasteiger partial charge on any atom is -0.462 e. The van der Waals surface area contributed by atoms with Crippen LogP contribution in [0.4, 0.5) is 8.78 Å². The summed E-state index contributed by atoms with van der Waals surface area (Å²) in [5.74, 6) is -2.13. The van der Waals surface area contributed by atoms with E-state index in [9.17, 15) is 28.4 Å². The van der Waals surface area contributed by atoms with Crippen molar-refractivity contribution in [1.82, 2.24) is 14.6 Å². The lowest BCUT2D eigenvalue weighted by Gasteiger charge is -2.33. The number of hydrogen-bond donors (Lipinski definition) is 3. The molecule has 0 aliphatic carbocycles. The van der Waals surface area contributed by atoms with Gasteiger partial charge in [-0.2, -0.15) is 9.48 Å². The second-order valence-corrected chi connectivity index (χ2v) is 11.1. The average Bonchev–Trinajstić information content (AvgIpc) is 3.00. The fourth-order valence-electron chi connectivity index (χ4n) is 3.56. The van der Waals surface area contributed by atoms with Crippen LogP contribution in [-0.2, 0) is 29.1 Å². The Morgan fingerprint density at radius 3 is 2.55 bits per heavy atom. The average molecular weight is 582 g/mol. The number of aliphatic hydroxyl groups excluding tert-OH is 1. The molecule has 1 fully saturated rings. The molecular weight excluding hydrogens is 555 g/mol. The van der Waals surface area contributed by atoms with Crippen molar-refractivity contribution in [2.24, 2.45) is 0 Å². The van der Waals surface area contributed by atoms with Gasteiger partial charge in [0.15, 0.2) is 5.72 Å². The number of hydrogen-bond acceptors (Lipinski definition) is 9. The maximum Gasteiger partial charge on any atom is 0.459 e. The van der Waals surface area contributed by atoms with E-state index >= 15 is 4.39 Å². The highest BCUT2D eigenvalue weighted by atomic mass is 35.5. The first-order chi connectivity index (χ1) is 17.6. The van der Waals surface area contributed by atoms with E-state index in [4.69, 9.17) is 30.1 Å². The van der Waals surface area contributed by atoms with Gasteiger partial charge in [0.1, 0.15) is 24.0 Å². The number of carbonyl (C=O) groups is 1. The first-order valence-corrected chi connectivity index (χ1v) is 13.2. The molecule has 2 aromatic rings. The molecule has 210 valence electrons. The number of benzene rings is 1. The van der Waals surface area contributed by atoms with Crippen LogP contribution >= 0.6 is 19.3 Å². The van der Waals surface area contributed by atoms with Crippen molar-refractivity contribution in [2.45, 2.75) is 62.9 Å². The molecule has 1 aromatic carbocycles. The van der Waals surface area contributed by atoms with Gasteiger partial charge in [-0.25, -0.2) is 13.8 Å².